The quantitative estimate of drug-likeness (QED) is 0.601. The molecule has 0 unspecified atom stereocenters. The van der Waals surface area contributed by atoms with E-state index in [1.807, 2.05) is 19.1 Å². The highest BCUT2D eigenvalue weighted by atomic mass is 32.2. The van der Waals surface area contributed by atoms with E-state index in [4.69, 9.17) is 4.74 Å². The number of benzene rings is 1. The maximum Gasteiger partial charge on any atom is 0.307 e. The van der Waals surface area contributed by atoms with Crippen LogP contribution in [0.3, 0.4) is 0 Å². The molecular weight excluding hydrogens is 384 g/mol. The minimum atomic E-state index is -3.81. The van der Waals surface area contributed by atoms with Crippen molar-refractivity contribution in [2.75, 3.05) is 18.5 Å². The molecule has 0 atom stereocenters. The zero-order valence-electron chi connectivity index (χ0n) is 16.1. The van der Waals surface area contributed by atoms with Gasteiger partial charge in [-0.25, -0.2) is 18.1 Å². The van der Waals surface area contributed by atoms with E-state index in [0.717, 1.165) is 12.0 Å². The second-order valence-corrected chi connectivity index (χ2v) is 7.82. The summed E-state index contributed by atoms with van der Waals surface area (Å²) in [6, 6.07) is 7.35. The van der Waals surface area contributed by atoms with Crippen LogP contribution in [0.2, 0.25) is 0 Å². The van der Waals surface area contributed by atoms with Crippen molar-refractivity contribution in [3.8, 4) is 0 Å². The standard InChI is InChI=1S/C18H24N4O5S/c1-4-14-7-5-6-8-15(14)21-16(23)12-27-18(24)9-10-19-28(25,26)17-11-22(3)13(2)20-17/h5-8,11,19H,4,9-10,12H2,1-3H3,(H,21,23). The van der Waals surface area contributed by atoms with Gasteiger partial charge in [-0.3, -0.25) is 9.59 Å². The maximum atomic E-state index is 12.1. The molecule has 0 saturated carbocycles. The summed E-state index contributed by atoms with van der Waals surface area (Å²) >= 11 is 0. The predicted octanol–water partition coefficient (Wildman–Crippen LogP) is 1.14. The van der Waals surface area contributed by atoms with E-state index in [0.29, 0.717) is 11.5 Å². The lowest BCUT2D eigenvalue weighted by atomic mass is 10.1. The van der Waals surface area contributed by atoms with Crippen molar-refractivity contribution in [1.82, 2.24) is 14.3 Å². The third-order valence-electron chi connectivity index (χ3n) is 4.02. The zero-order chi connectivity index (χ0) is 20.7. The summed E-state index contributed by atoms with van der Waals surface area (Å²) in [5, 5.41) is 2.57. The van der Waals surface area contributed by atoms with E-state index in [2.05, 4.69) is 15.0 Å². The van der Waals surface area contributed by atoms with Gasteiger partial charge in [0.05, 0.1) is 6.42 Å². The Labute approximate surface area is 164 Å². The molecule has 2 aromatic rings. The average molecular weight is 408 g/mol. The van der Waals surface area contributed by atoms with Gasteiger partial charge in [-0.05, 0) is 25.0 Å². The molecule has 1 aromatic carbocycles. The first-order valence-electron chi connectivity index (χ1n) is 8.76. The van der Waals surface area contributed by atoms with Gasteiger partial charge in [0.1, 0.15) is 5.82 Å². The minimum Gasteiger partial charge on any atom is -0.456 e. The lowest BCUT2D eigenvalue weighted by Crippen LogP contribution is -2.28. The highest BCUT2D eigenvalue weighted by molar-refractivity contribution is 7.89. The van der Waals surface area contributed by atoms with Crippen molar-refractivity contribution in [2.45, 2.75) is 31.7 Å². The molecule has 0 saturated heterocycles. The number of anilines is 1. The highest BCUT2D eigenvalue weighted by Gasteiger charge is 2.19. The van der Waals surface area contributed by atoms with E-state index < -0.39 is 28.5 Å². The normalized spacial score (nSPS) is 11.2. The molecule has 0 fully saturated rings. The lowest BCUT2D eigenvalue weighted by Gasteiger charge is -2.10. The van der Waals surface area contributed by atoms with Crippen molar-refractivity contribution in [3.05, 3.63) is 41.9 Å². The Morgan fingerprint density at radius 1 is 1.25 bits per heavy atom. The molecule has 0 bridgehead atoms. The Bertz CT molecular complexity index is 933. The fourth-order valence-electron chi connectivity index (χ4n) is 2.37. The van der Waals surface area contributed by atoms with Crippen molar-refractivity contribution in [3.63, 3.8) is 0 Å². The summed E-state index contributed by atoms with van der Waals surface area (Å²) in [7, 11) is -2.12. The summed E-state index contributed by atoms with van der Waals surface area (Å²) in [5.41, 5.74) is 1.64. The zero-order valence-corrected chi connectivity index (χ0v) is 16.9. The largest absolute Gasteiger partial charge is 0.456 e. The molecule has 0 radical (unpaired) electrons. The SMILES string of the molecule is CCc1ccccc1NC(=O)COC(=O)CCNS(=O)(=O)c1cn(C)c(C)n1. The molecule has 9 nitrogen and oxygen atoms in total. The number of aryl methyl sites for hydroxylation is 3. The van der Waals surface area contributed by atoms with Gasteiger partial charge in [-0.2, -0.15) is 0 Å². The van der Waals surface area contributed by atoms with Crippen LogP contribution in [0.15, 0.2) is 35.5 Å². The van der Waals surface area contributed by atoms with Crippen molar-refractivity contribution in [1.29, 1.82) is 0 Å². The molecule has 0 aliphatic rings. The number of sulfonamides is 1. The monoisotopic (exact) mass is 408 g/mol. The molecule has 1 amide bonds. The number of ether oxygens (including phenoxy) is 1. The molecule has 2 N–H and O–H groups in total. The summed E-state index contributed by atoms with van der Waals surface area (Å²) < 4.78 is 33.0. The van der Waals surface area contributed by atoms with Gasteiger partial charge in [0, 0.05) is 25.5 Å². The van der Waals surface area contributed by atoms with Crippen LogP contribution in [-0.2, 0) is 37.8 Å². The van der Waals surface area contributed by atoms with Gasteiger partial charge in [-0.1, -0.05) is 25.1 Å². The van der Waals surface area contributed by atoms with Crippen molar-refractivity contribution < 1.29 is 22.7 Å². The number of imidazole rings is 1. The Morgan fingerprint density at radius 2 is 1.96 bits per heavy atom. The van der Waals surface area contributed by atoms with E-state index in [1.54, 1.807) is 30.7 Å². The molecular formula is C18H24N4O5S. The number of rotatable bonds is 9. The lowest BCUT2D eigenvalue weighted by molar-refractivity contribution is -0.147. The number of nitrogens with one attached hydrogen (secondary N) is 2. The summed E-state index contributed by atoms with van der Waals surface area (Å²) in [6.45, 7) is 3.05. The Morgan fingerprint density at radius 3 is 2.61 bits per heavy atom. The third kappa shape index (κ3) is 5.89. The molecule has 2 rings (SSSR count). The van der Waals surface area contributed by atoms with Gasteiger partial charge >= 0.3 is 5.97 Å². The van der Waals surface area contributed by atoms with Crippen LogP contribution >= 0.6 is 0 Å². The fourth-order valence-corrected chi connectivity index (χ4v) is 3.44. The molecule has 152 valence electrons. The van der Waals surface area contributed by atoms with Gasteiger partial charge < -0.3 is 14.6 Å². The molecule has 28 heavy (non-hydrogen) atoms. The first-order chi connectivity index (χ1) is 13.2. The van der Waals surface area contributed by atoms with Gasteiger partial charge in [0.15, 0.2) is 11.6 Å². The van der Waals surface area contributed by atoms with Gasteiger partial charge in [0.2, 0.25) is 0 Å². The number of carbonyl (C=O) groups is 2. The minimum absolute atomic E-state index is 0.116. The number of carbonyl (C=O) groups excluding carboxylic acids is 2. The number of hydrogen-bond acceptors (Lipinski definition) is 6. The van der Waals surface area contributed by atoms with E-state index in [-0.39, 0.29) is 18.0 Å². The first kappa shape index (κ1) is 21.6. The Hall–Kier alpha value is -2.72. The summed E-state index contributed by atoms with van der Waals surface area (Å²) in [4.78, 5) is 27.6. The van der Waals surface area contributed by atoms with Crippen LogP contribution in [0.5, 0.6) is 0 Å². The molecule has 0 spiro atoms. The van der Waals surface area contributed by atoms with Crippen LogP contribution in [0.4, 0.5) is 5.69 Å². The van der Waals surface area contributed by atoms with Crippen LogP contribution in [0.25, 0.3) is 0 Å². The van der Waals surface area contributed by atoms with E-state index in [9.17, 15) is 18.0 Å². The first-order valence-corrected chi connectivity index (χ1v) is 10.2. The second kappa shape index (κ2) is 9.47. The van der Waals surface area contributed by atoms with Crippen LogP contribution in [-0.4, -0.2) is 43.0 Å². The summed E-state index contributed by atoms with van der Waals surface area (Å²) in [6.07, 6.45) is 1.94. The number of aromatic nitrogens is 2. The predicted molar refractivity (Wildman–Crippen MR) is 103 cm³/mol. The maximum absolute atomic E-state index is 12.1. The summed E-state index contributed by atoms with van der Waals surface area (Å²) in [5.74, 6) is -0.590. The molecule has 1 heterocycles. The number of nitrogens with zero attached hydrogens (tertiary/aromatic N) is 2. The Balaban J connectivity index is 1.76. The number of para-hydroxylation sites is 1. The Kier molecular flexibility index (Phi) is 7.30. The van der Waals surface area contributed by atoms with E-state index in [1.165, 1.54) is 6.20 Å². The number of esters is 1. The fraction of sp³-hybridized carbons (Fsp3) is 0.389. The van der Waals surface area contributed by atoms with Crippen molar-refractivity contribution in [2.24, 2.45) is 7.05 Å². The second-order valence-electron chi connectivity index (χ2n) is 6.10. The molecule has 0 aliphatic heterocycles. The number of hydrogen-bond donors (Lipinski definition) is 2. The highest BCUT2D eigenvalue weighted by Crippen LogP contribution is 2.15. The van der Waals surface area contributed by atoms with Crippen LogP contribution in [0.1, 0.15) is 24.7 Å². The number of amides is 1. The van der Waals surface area contributed by atoms with E-state index >= 15 is 0 Å². The van der Waals surface area contributed by atoms with Gasteiger partial charge in [-0.15, -0.1) is 0 Å². The molecule has 1 aromatic heterocycles. The van der Waals surface area contributed by atoms with Crippen LogP contribution in [0, 0.1) is 6.92 Å². The van der Waals surface area contributed by atoms with Crippen LogP contribution < -0.4 is 10.0 Å². The van der Waals surface area contributed by atoms with Crippen molar-refractivity contribution >= 4 is 27.6 Å². The average Bonchev–Trinajstić information content (AvgIpc) is 3.00. The van der Waals surface area contributed by atoms with Gasteiger partial charge in [0.25, 0.3) is 15.9 Å². The molecule has 0 aliphatic carbocycles. The molecule has 10 heteroatoms. The topological polar surface area (TPSA) is 119 Å². The smallest absolute Gasteiger partial charge is 0.307 e. The third-order valence-corrected chi connectivity index (χ3v) is 5.35.